The highest BCUT2D eigenvalue weighted by molar-refractivity contribution is 6.04. The van der Waals surface area contributed by atoms with Crippen molar-refractivity contribution in [1.29, 1.82) is 5.26 Å². The number of carbonyl (C=O) groups excluding carboxylic acids is 1. The fourth-order valence-corrected chi connectivity index (χ4v) is 1.64. The zero-order valence-electron chi connectivity index (χ0n) is 10.3. The normalized spacial score (nSPS) is 9.74. The van der Waals surface area contributed by atoms with E-state index in [2.05, 4.69) is 5.32 Å². The minimum absolute atomic E-state index is 0.00404. The summed E-state index contributed by atoms with van der Waals surface area (Å²) in [5.41, 5.74) is 1.83. The number of nitrogens with one attached hydrogen (secondary N) is 1. The Morgan fingerprint density at radius 2 is 1.89 bits per heavy atom. The van der Waals surface area contributed by atoms with Crippen LogP contribution in [0.1, 0.15) is 21.5 Å². The van der Waals surface area contributed by atoms with Gasteiger partial charge in [-0.2, -0.15) is 5.26 Å². The molecule has 0 aliphatic heterocycles. The summed E-state index contributed by atoms with van der Waals surface area (Å²) in [5, 5.41) is 11.3. The van der Waals surface area contributed by atoms with E-state index < -0.39 is 11.7 Å². The lowest BCUT2D eigenvalue weighted by molar-refractivity contribution is 0.102. The summed E-state index contributed by atoms with van der Waals surface area (Å²) in [7, 11) is 0. The molecule has 2 aromatic carbocycles. The molecule has 0 aromatic heterocycles. The summed E-state index contributed by atoms with van der Waals surface area (Å²) >= 11 is 0. The summed E-state index contributed by atoms with van der Waals surface area (Å²) in [4.78, 5) is 11.9. The summed E-state index contributed by atoms with van der Waals surface area (Å²) in [6.45, 7) is 1.79. The van der Waals surface area contributed by atoms with Crippen molar-refractivity contribution in [3.63, 3.8) is 0 Å². The molecule has 0 atom stereocenters. The lowest BCUT2D eigenvalue weighted by Gasteiger charge is -2.07. The van der Waals surface area contributed by atoms with Crippen LogP contribution in [0.25, 0.3) is 0 Å². The van der Waals surface area contributed by atoms with E-state index in [1.165, 1.54) is 12.1 Å². The van der Waals surface area contributed by atoms with Crippen LogP contribution in [0, 0.1) is 24.1 Å². The fourth-order valence-electron chi connectivity index (χ4n) is 1.64. The van der Waals surface area contributed by atoms with Crippen LogP contribution in [-0.4, -0.2) is 5.91 Å². The van der Waals surface area contributed by atoms with E-state index in [-0.39, 0.29) is 5.56 Å². The topological polar surface area (TPSA) is 52.9 Å². The number of rotatable bonds is 2. The standard InChI is InChI=1S/C15H11FN2O/c1-10-2-7-14(16)13(8-10)15(19)18-12-5-3-11(9-17)4-6-12/h2-8H,1H3,(H,18,19). The second-order valence-corrected chi connectivity index (χ2v) is 4.13. The number of nitriles is 1. The molecule has 1 amide bonds. The highest BCUT2D eigenvalue weighted by atomic mass is 19.1. The third kappa shape index (κ3) is 2.96. The SMILES string of the molecule is Cc1ccc(F)c(C(=O)Nc2ccc(C#N)cc2)c1. The van der Waals surface area contributed by atoms with Crippen LogP contribution >= 0.6 is 0 Å². The Morgan fingerprint density at radius 3 is 2.53 bits per heavy atom. The molecule has 1 N–H and O–H groups in total. The molecule has 0 radical (unpaired) electrons. The molecule has 0 unspecified atom stereocenters. The van der Waals surface area contributed by atoms with Gasteiger partial charge in [-0.3, -0.25) is 4.79 Å². The first-order chi connectivity index (χ1) is 9.10. The second-order valence-electron chi connectivity index (χ2n) is 4.13. The van der Waals surface area contributed by atoms with Crippen LogP contribution in [0.3, 0.4) is 0 Å². The molecule has 4 heteroatoms. The van der Waals surface area contributed by atoms with Crippen molar-refractivity contribution in [2.45, 2.75) is 6.92 Å². The van der Waals surface area contributed by atoms with Crippen LogP contribution < -0.4 is 5.32 Å². The zero-order chi connectivity index (χ0) is 13.8. The first-order valence-corrected chi connectivity index (χ1v) is 5.68. The number of anilines is 1. The van der Waals surface area contributed by atoms with Crippen LogP contribution in [0.5, 0.6) is 0 Å². The Morgan fingerprint density at radius 1 is 1.21 bits per heavy atom. The van der Waals surface area contributed by atoms with Gasteiger partial charge in [-0.25, -0.2) is 4.39 Å². The number of hydrogen-bond donors (Lipinski definition) is 1. The summed E-state index contributed by atoms with van der Waals surface area (Å²) in [5.74, 6) is -1.07. The van der Waals surface area contributed by atoms with E-state index in [0.717, 1.165) is 5.56 Å². The molecule has 0 heterocycles. The number of halogens is 1. The molecule has 2 aromatic rings. The van der Waals surface area contributed by atoms with Gasteiger partial charge in [0.2, 0.25) is 0 Å². The number of nitrogens with zero attached hydrogens (tertiary/aromatic N) is 1. The third-order valence-corrected chi connectivity index (χ3v) is 2.64. The molecule has 0 saturated heterocycles. The zero-order valence-corrected chi connectivity index (χ0v) is 10.3. The lowest BCUT2D eigenvalue weighted by atomic mass is 10.1. The Kier molecular flexibility index (Phi) is 3.58. The van der Waals surface area contributed by atoms with Gasteiger partial charge < -0.3 is 5.32 Å². The smallest absolute Gasteiger partial charge is 0.258 e. The maximum absolute atomic E-state index is 13.5. The maximum atomic E-state index is 13.5. The van der Waals surface area contributed by atoms with Gasteiger partial charge in [0.1, 0.15) is 5.82 Å². The Bertz CT molecular complexity index is 657. The van der Waals surface area contributed by atoms with Crippen molar-refractivity contribution in [1.82, 2.24) is 0 Å². The molecular weight excluding hydrogens is 243 g/mol. The maximum Gasteiger partial charge on any atom is 0.258 e. The second kappa shape index (κ2) is 5.32. The Labute approximate surface area is 110 Å². The number of carbonyl (C=O) groups is 1. The van der Waals surface area contributed by atoms with Gasteiger partial charge in [-0.15, -0.1) is 0 Å². The Hall–Kier alpha value is -2.67. The molecule has 0 aliphatic carbocycles. The van der Waals surface area contributed by atoms with Crippen LogP contribution in [0.15, 0.2) is 42.5 Å². The lowest BCUT2D eigenvalue weighted by Crippen LogP contribution is -2.13. The van der Waals surface area contributed by atoms with Crippen LogP contribution in [0.2, 0.25) is 0 Å². The van der Waals surface area contributed by atoms with E-state index in [9.17, 15) is 9.18 Å². The summed E-state index contributed by atoms with van der Waals surface area (Å²) in [6, 6.07) is 12.7. The number of amides is 1. The van der Waals surface area contributed by atoms with E-state index >= 15 is 0 Å². The predicted octanol–water partition coefficient (Wildman–Crippen LogP) is 3.26. The van der Waals surface area contributed by atoms with Crippen LogP contribution in [-0.2, 0) is 0 Å². The van der Waals surface area contributed by atoms with Gasteiger partial charge in [0.25, 0.3) is 5.91 Å². The molecule has 0 fully saturated rings. The van der Waals surface area contributed by atoms with Crippen molar-refractivity contribution in [2.75, 3.05) is 5.32 Å². The molecule has 2 rings (SSSR count). The van der Waals surface area contributed by atoms with E-state index in [4.69, 9.17) is 5.26 Å². The average Bonchev–Trinajstić information content (AvgIpc) is 2.42. The minimum atomic E-state index is -0.559. The fraction of sp³-hybridized carbons (Fsp3) is 0.0667. The van der Waals surface area contributed by atoms with Gasteiger partial charge in [0, 0.05) is 5.69 Å². The number of aryl methyl sites for hydroxylation is 1. The highest BCUT2D eigenvalue weighted by Crippen LogP contribution is 2.14. The average molecular weight is 254 g/mol. The monoisotopic (exact) mass is 254 g/mol. The van der Waals surface area contributed by atoms with Gasteiger partial charge in [-0.1, -0.05) is 11.6 Å². The predicted molar refractivity (Wildman–Crippen MR) is 70.2 cm³/mol. The largest absolute Gasteiger partial charge is 0.322 e. The van der Waals surface area contributed by atoms with Crippen molar-refractivity contribution in [3.8, 4) is 6.07 Å². The van der Waals surface area contributed by atoms with Crippen molar-refractivity contribution in [3.05, 3.63) is 65.0 Å². The van der Waals surface area contributed by atoms with Crippen molar-refractivity contribution < 1.29 is 9.18 Å². The molecule has 19 heavy (non-hydrogen) atoms. The molecule has 0 aliphatic rings. The van der Waals surface area contributed by atoms with E-state index in [1.54, 1.807) is 37.3 Å². The van der Waals surface area contributed by atoms with Crippen LogP contribution in [0.4, 0.5) is 10.1 Å². The summed E-state index contributed by atoms with van der Waals surface area (Å²) < 4.78 is 13.5. The molecular formula is C15H11FN2O. The van der Waals surface area contributed by atoms with Crippen molar-refractivity contribution in [2.24, 2.45) is 0 Å². The molecule has 3 nitrogen and oxygen atoms in total. The van der Waals surface area contributed by atoms with Crippen molar-refractivity contribution >= 4 is 11.6 Å². The summed E-state index contributed by atoms with van der Waals surface area (Å²) in [6.07, 6.45) is 0. The minimum Gasteiger partial charge on any atom is -0.322 e. The van der Waals surface area contributed by atoms with Gasteiger partial charge in [0.15, 0.2) is 0 Å². The first kappa shape index (κ1) is 12.8. The van der Waals surface area contributed by atoms with Gasteiger partial charge >= 0.3 is 0 Å². The molecule has 94 valence electrons. The van der Waals surface area contributed by atoms with E-state index in [0.29, 0.717) is 11.3 Å². The molecule has 0 spiro atoms. The molecule has 0 bridgehead atoms. The van der Waals surface area contributed by atoms with E-state index in [1.807, 2.05) is 6.07 Å². The quantitative estimate of drug-likeness (QED) is 0.894. The third-order valence-electron chi connectivity index (χ3n) is 2.64. The highest BCUT2D eigenvalue weighted by Gasteiger charge is 2.11. The Balaban J connectivity index is 2.21. The number of hydrogen-bond acceptors (Lipinski definition) is 2. The number of benzene rings is 2. The molecule has 0 saturated carbocycles. The first-order valence-electron chi connectivity index (χ1n) is 5.68. The van der Waals surface area contributed by atoms with Gasteiger partial charge in [-0.05, 0) is 43.3 Å². The van der Waals surface area contributed by atoms with Gasteiger partial charge in [0.05, 0.1) is 17.2 Å².